The van der Waals surface area contributed by atoms with Crippen LogP contribution in [0.25, 0.3) is 0 Å². The van der Waals surface area contributed by atoms with Crippen LogP contribution in [0.5, 0.6) is 0 Å². The molecule has 0 radical (unpaired) electrons. The van der Waals surface area contributed by atoms with E-state index in [1.807, 2.05) is 6.07 Å². The van der Waals surface area contributed by atoms with Gasteiger partial charge in [0.05, 0.1) is 6.04 Å². The molecule has 0 aliphatic rings. The van der Waals surface area contributed by atoms with Gasteiger partial charge >= 0.3 is 0 Å². The number of benzene rings is 1. The van der Waals surface area contributed by atoms with Crippen LogP contribution in [0.4, 0.5) is 0 Å². The summed E-state index contributed by atoms with van der Waals surface area (Å²) in [5, 5.41) is 0. The number of rotatable bonds is 2. The number of hydrazine groups is 1. The van der Waals surface area contributed by atoms with Crippen molar-refractivity contribution in [2.24, 2.45) is 11.3 Å². The zero-order valence-electron chi connectivity index (χ0n) is 9.76. The summed E-state index contributed by atoms with van der Waals surface area (Å²) in [6, 6.07) is 6.38. The maximum atomic E-state index is 5.64. The van der Waals surface area contributed by atoms with Crippen molar-refractivity contribution in [1.82, 2.24) is 5.43 Å². The van der Waals surface area contributed by atoms with Crippen molar-refractivity contribution < 1.29 is 0 Å². The first kappa shape index (κ1) is 12.7. The Kier molecular flexibility index (Phi) is 3.93. The second kappa shape index (κ2) is 4.64. The van der Waals surface area contributed by atoms with Gasteiger partial charge in [-0.1, -0.05) is 48.8 Å². The van der Waals surface area contributed by atoms with Crippen molar-refractivity contribution in [3.8, 4) is 0 Å². The minimum Gasteiger partial charge on any atom is -0.271 e. The van der Waals surface area contributed by atoms with Gasteiger partial charge < -0.3 is 0 Å². The van der Waals surface area contributed by atoms with Crippen molar-refractivity contribution >= 4 is 15.9 Å². The van der Waals surface area contributed by atoms with Crippen LogP contribution in [-0.2, 0) is 0 Å². The first-order valence-corrected chi connectivity index (χ1v) is 5.88. The largest absolute Gasteiger partial charge is 0.271 e. The molecule has 1 unspecified atom stereocenters. The molecular weight excluding hydrogens is 252 g/mol. The van der Waals surface area contributed by atoms with Gasteiger partial charge in [-0.15, -0.1) is 0 Å². The Balaban J connectivity index is 3.19. The van der Waals surface area contributed by atoms with Crippen molar-refractivity contribution in [3.63, 3.8) is 0 Å². The SMILES string of the molecule is Cc1c(Br)cccc1C(NN)C(C)(C)C. The second-order valence-electron chi connectivity index (χ2n) is 4.92. The number of halogens is 1. The van der Waals surface area contributed by atoms with Gasteiger partial charge in [0.2, 0.25) is 0 Å². The van der Waals surface area contributed by atoms with Crippen LogP contribution in [0.1, 0.15) is 37.9 Å². The van der Waals surface area contributed by atoms with Crippen LogP contribution in [0, 0.1) is 12.3 Å². The molecule has 0 saturated heterocycles. The van der Waals surface area contributed by atoms with E-state index in [9.17, 15) is 0 Å². The third-order valence-corrected chi connectivity index (χ3v) is 3.51. The maximum Gasteiger partial charge on any atom is 0.0511 e. The van der Waals surface area contributed by atoms with Gasteiger partial charge in [0.1, 0.15) is 0 Å². The van der Waals surface area contributed by atoms with Crippen LogP contribution >= 0.6 is 15.9 Å². The lowest BCUT2D eigenvalue weighted by molar-refractivity contribution is 0.274. The van der Waals surface area contributed by atoms with Crippen molar-refractivity contribution in [1.29, 1.82) is 0 Å². The van der Waals surface area contributed by atoms with Crippen LogP contribution in [0.15, 0.2) is 22.7 Å². The molecule has 0 heterocycles. The number of nitrogens with one attached hydrogen (secondary N) is 1. The Morgan fingerprint density at radius 2 is 1.93 bits per heavy atom. The molecule has 1 aromatic rings. The summed E-state index contributed by atoms with van der Waals surface area (Å²) in [6.07, 6.45) is 0. The molecule has 1 rings (SSSR count). The lowest BCUT2D eigenvalue weighted by Gasteiger charge is -2.31. The van der Waals surface area contributed by atoms with Crippen molar-refractivity contribution in [2.45, 2.75) is 33.7 Å². The van der Waals surface area contributed by atoms with Gasteiger partial charge in [-0.2, -0.15) is 0 Å². The lowest BCUT2D eigenvalue weighted by Crippen LogP contribution is -2.37. The van der Waals surface area contributed by atoms with Gasteiger partial charge in [-0.3, -0.25) is 11.3 Å². The zero-order chi connectivity index (χ0) is 11.6. The Morgan fingerprint density at radius 3 is 2.40 bits per heavy atom. The third kappa shape index (κ3) is 2.80. The highest BCUT2D eigenvalue weighted by Crippen LogP contribution is 2.35. The van der Waals surface area contributed by atoms with Crippen LogP contribution < -0.4 is 11.3 Å². The minimum absolute atomic E-state index is 0.0975. The van der Waals surface area contributed by atoms with Gasteiger partial charge in [-0.25, -0.2) is 0 Å². The van der Waals surface area contributed by atoms with E-state index in [0.717, 1.165) is 4.47 Å². The molecule has 0 bridgehead atoms. The molecule has 1 atom stereocenters. The van der Waals surface area contributed by atoms with Gasteiger partial charge in [0.15, 0.2) is 0 Å². The van der Waals surface area contributed by atoms with Gasteiger partial charge in [-0.05, 0) is 29.5 Å². The Morgan fingerprint density at radius 1 is 1.33 bits per heavy atom. The molecule has 0 saturated carbocycles. The average molecular weight is 271 g/mol. The third-order valence-electron chi connectivity index (χ3n) is 2.65. The van der Waals surface area contributed by atoms with E-state index < -0.39 is 0 Å². The molecule has 0 amide bonds. The second-order valence-corrected chi connectivity index (χ2v) is 5.77. The minimum atomic E-state index is 0.0975. The highest BCUT2D eigenvalue weighted by atomic mass is 79.9. The molecule has 0 aromatic heterocycles. The molecule has 0 aliphatic heterocycles. The van der Waals surface area contributed by atoms with Crippen LogP contribution in [0.2, 0.25) is 0 Å². The summed E-state index contributed by atoms with van der Waals surface area (Å²) in [4.78, 5) is 0. The fraction of sp³-hybridized carbons (Fsp3) is 0.500. The first-order chi connectivity index (χ1) is 6.88. The smallest absolute Gasteiger partial charge is 0.0511 e. The monoisotopic (exact) mass is 270 g/mol. The summed E-state index contributed by atoms with van der Waals surface area (Å²) >= 11 is 3.54. The molecule has 15 heavy (non-hydrogen) atoms. The van der Waals surface area contributed by atoms with E-state index in [-0.39, 0.29) is 11.5 Å². The van der Waals surface area contributed by atoms with Crippen LogP contribution in [-0.4, -0.2) is 0 Å². The van der Waals surface area contributed by atoms with Crippen molar-refractivity contribution in [2.75, 3.05) is 0 Å². The predicted molar refractivity (Wildman–Crippen MR) is 68.4 cm³/mol. The fourth-order valence-corrected chi connectivity index (χ4v) is 2.12. The molecule has 2 nitrogen and oxygen atoms in total. The summed E-state index contributed by atoms with van der Waals surface area (Å²) in [6.45, 7) is 8.64. The number of hydrogen-bond donors (Lipinski definition) is 2. The summed E-state index contributed by atoms with van der Waals surface area (Å²) in [7, 11) is 0. The number of nitrogens with two attached hydrogens (primary N) is 1. The van der Waals surface area contributed by atoms with Gasteiger partial charge in [0.25, 0.3) is 0 Å². The average Bonchev–Trinajstić information content (AvgIpc) is 2.11. The number of hydrogen-bond acceptors (Lipinski definition) is 2. The maximum absolute atomic E-state index is 5.64. The molecule has 3 N–H and O–H groups in total. The Bertz CT molecular complexity index is 342. The summed E-state index contributed by atoms with van der Waals surface area (Å²) < 4.78 is 1.13. The fourth-order valence-electron chi connectivity index (χ4n) is 1.74. The van der Waals surface area contributed by atoms with E-state index in [0.29, 0.717) is 0 Å². The normalized spacial score (nSPS) is 14.0. The topological polar surface area (TPSA) is 38.0 Å². The van der Waals surface area contributed by atoms with E-state index >= 15 is 0 Å². The predicted octanol–water partition coefficient (Wildman–Crippen LogP) is 3.31. The highest BCUT2D eigenvalue weighted by Gasteiger charge is 2.26. The van der Waals surface area contributed by atoms with E-state index in [2.05, 4.69) is 61.2 Å². The zero-order valence-corrected chi connectivity index (χ0v) is 11.4. The standard InChI is InChI=1S/C12H19BrN2/c1-8-9(6-5-7-10(8)13)11(15-14)12(2,3)4/h5-7,11,15H,14H2,1-4H3. The molecular formula is C12H19BrN2. The van der Waals surface area contributed by atoms with Gasteiger partial charge in [0, 0.05) is 4.47 Å². The van der Waals surface area contributed by atoms with E-state index in [1.54, 1.807) is 0 Å². The molecule has 0 aliphatic carbocycles. The summed E-state index contributed by atoms with van der Waals surface area (Å²) in [5.74, 6) is 5.64. The molecule has 0 spiro atoms. The summed E-state index contributed by atoms with van der Waals surface area (Å²) in [5.41, 5.74) is 5.50. The van der Waals surface area contributed by atoms with Crippen LogP contribution in [0.3, 0.4) is 0 Å². The Labute approximate surface area is 100 Å². The molecule has 84 valence electrons. The highest BCUT2D eigenvalue weighted by molar-refractivity contribution is 9.10. The quantitative estimate of drug-likeness (QED) is 0.639. The first-order valence-electron chi connectivity index (χ1n) is 5.09. The molecule has 0 fully saturated rings. The Hall–Kier alpha value is -0.380. The van der Waals surface area contributed by atoms with E-state index in [1.165, 1.54) is 11.1 Å². The lowest BCUT2D eigenvalue weighted by atomic mass is 9.81. The van der Waals surface area contributed by atoms with Crippen molar-refractivity contribution in [3.05, 3.63) is 33.8 Å². The molecule has 1 aromatic carbocycles. The molecule has 3 heteroatoms. The van der Waals surface area contributed by atoms with E-state index in [4.69, 9.17) is 5.84 Å².